The molecule has 2 aromatic rings. The molecule has 0 fully saturated rings. The third-order valence-electron chi connectivity index (χ3n) is 3.13. The van der Waals surface area contributed by atoms with Crippen molar-refractivity contribution in [3.8, 4) is 5.75 Å². The Morgan fingerprint density at radius 1 is 0.875 bits per heavy atom. The summed E-state index contributed by atoms with van der Waals surface area (Å²) in [4.78, 5) is 0. The lowest BCUT2D eigenvalue weighted by molar-refractivity contribution is -0.274. The van der Waals surface area contributed by atoms with Crippen LogP contribution in [0.3, 0.4) is 0 Å². The molecule has 0 radical (unpaired) electrons. The number of nitrogens with two attached hydrogens (primary N) is 1. The normalized spacial score (nSPS) is 13.7. The number of benzene rings is 2. The lowest BCUT2D eigenvalue weighted by atomic mass is 9.97. The van der Waals surface area contributed by atoms with Crippen molar-refractivity contribution in [3.05, 3.63) is 65.0 Å². The van der Waals surface area contributed by atoms with Gasteiger partial charge in [-0.3, -0.25) is 0 Å². The van der Waals surface area contributed by atoms with Crippen molar-refractivity contribution in [2.45, 2.75) is 18.6 Å². The first-order valence-electron chi connectivity index (χ1n) is 6.45. The van der Waals surface area contributed by atoms with Gasteiger partial charge in [-0.15, -0.1) is 13.2 Å². The maximum absolute atomic E-state index is 13.8. The summed E-state index contributed by atoms with van der Waals surface area (Å²) in [5.74, 6) is -1.48. The fraction of sp³-hybridized carbons (Fsp3) is 0.200. The summed E-state index contributed by atoms with van der Waals surface area (Å²) in [6.45, 7) is 0. The quantitative estimate of drug-likeness (QED) is 0.805. The van der Waals surface area contributed by atoms with E-state index < -0.39 is 41.3 Å². The largest absolute Gasteiger partial charge is 0.573 e. The number of hydrogen-bond acceptors (Lipinski definition) is 2. The zero-order valence-electron chi connectivity index (χ0n) is 11.8. The van der Waals surface area contributed by atoms with Crippen LogP contribution in [-0.2, 0) is 6.18 Å². The van der Waals surface area contributed by atoms with Gasteiger partial charge in [-0.1, -0.05) is 12.1 Å². The first-order chi connectivity index (χ1) is 11.0. The molecule has 0 aromatic heterocycles. The molecule has 24 heavy (non-hydrogen) atoms. The Bertz CT molecular complexity index is 707. The third-order valence-corrected chi connectivity index (χ3v) is 3.13. The minimum Gasteiger partial charge on any atom is -0.406 e. The van der Waals surface area contributed by atoms with Crippen LogP contribution in [0, 0.1) is 5.82 Å². The molecule has 0 amide bonds. The Hall–Kier alpha value is -2.29. The zero-order chi connectivity index (χ0) is 18.1. The maximum atomic E-state index is 13.8. The second-order valence-corrected chi connectivity index (χ2v) is 4.83. The third kappa shape index (κ3) is 4.38. The van der Waals surface area contributed by atoms with Crippen molar-refractivity contribution in [2.75, 3.05) is 0 Å². The number of rotatable bonds is 3. The van der Waals surface area contributed by atoms with E-state index >= 15 is 0 Å². The summed E-state index contributed by atoms with van der Waals surface area (Å²) in [5, 5.41) is 0. The van der Waals surface area contributed by atoms with Crippen LogP contribution >= 0.6 is 0 Å². The van der Waals surface area contributed by atoms with E-state index in [1.165, 1.54) is 0 Å². The minimum atomic E-state index is -4.88. The van der Waals surface area contributed by atoms with E-state index in [9.17, 15) is 30.7 Å². The Morgan fingerprint density at radius 3 is 1.96 bits per heavy atom. The van der Waals surface area contributed by atoms with Gasteiger partial charge in [0, 0.05) is 5.56 Å². The van der Waals surface area contributed by atoms with Crippen molar-refractivity contribution in [1.29, 1.82) is 0 Å². The smallest absolute Gasteiger partial charge is 0.406 e. The van der Waals surface area contributed by atoms with Crippen molar-refractivity contribution in [2.24, 2.45) is 5.73 Å². The van der Waals surface area contributed by atoms with Crippen molar-refractivity contribution < 1.29 is 35.5 Å². The van der Waals surface area contributed by atoms with Gasteiger partial charge >= 0.3 is 12.5 Å². The highest BCUT2D eigenvalue weighted by Crippen LogP contribution is 2.33. The van der Waals surface area contributed by atoms with Gasteiger partial charge in [-0.25, -0.2) is 4.39 Å². The fourth-order valence-electron chi connectivity index (χ4n) is 2.01. The molecule has 2 nitrogen and oxygen atoms in total. The molecule has 0 aliphatic heterocycles. The van der Waals surface area contributed by atoms with Gasteiger partial charge in [0.15, 0.2) is 0 Å². The van der Waals surface area contributed by atoms with Gasteiger partial charge in [0.25, 0.3) is 0 Å². The molecule has 0 aliphatic rings. The molecule has 2 aromatic carbocycles. The SMILES string of the molecule is N[C@@H](c1ccc(OC(F)(F)F)cc1)c1cc(C(F)(F)F)ccc1F. The Kier molecular flexibility index (Phi) is 4.75. The van der Waals surface area contributed by atoms with Gasteiger partial charge in [-0.05, 0) is 35.9 Å². The highest BCUT2D eigenvalue weighted by atomic mass is 19.4. The zero-order valence-corrected chi connectivity index (χ0v) is 11.8. The van der Waals surface area contributed by atoms with Crippen LogP contribution in [0.2, 0.25) is 0 Å². The number of halogens is 7. The van der Waals surface area contributed by atoms with Crippen molar-refractivity contribution in [3.63, 3.8) is 0 Å². The summed E-state index contributed by atoms with van der Waals surface area (Å²) in [7, 11) is 0. The lowest BCUT2D eigenvalue weighted by Crippen LogP contribution is -2.18. The number of ether oxygens (including phenoxy) is 1. The molecule has 130 valence electrons. The molecular formula is C15H10F7NO. The van der Waals surface area contributed by atoms with E-state index in [-0.39, 0.29) is 5.56 Å². The van der Waals surface area contributed by atoms with Gasteiger partial charge in [-0.2, -0.15) is 13.2 Å². The highest BCUT2D eigenvalue weighted by molar-refractivity contribution is 5.38. The lowest BCUT2D eigenvalue weighted by Gasteiger charge is -2.16. The van der Waals surface area contributed by atoms with Crippen LogP contribution in [0.4, 0.5) is 30.7 Å². The summed E-state index contributed by atoms with van der Waals surface area (Å²) in [6, 6.07) is 4.61. The average Bonchev–Trinajstić information content (AvgIpc) is 2.45. The molecule has 0 bridgehead atoms. The molecular weight excluding hydrogens is 343 g/mol. The fourth-order valence-corrected chi connectivity index (χ4v) is 2.01. The molecule has 0 saturated heterocycles. The van der Waals surface area contributed by atoms with Gasteiger partial charge in [0.1, 0.15) is 11.6 Å². The van der Waals surface area contributed by atoms with Crippen molar-refractivity contribution >= 4 is 0 Å². The molecule has 2 N–H and O–H groups in total. The molecule has 0 saturated carbocycles. The van der Waals surface area contributed by atoms with Crippen LogP contribution in [0.1, 0.15) is 22.7 Å². The van der Waals surface area contributed by atoms with E-state index in [2.05, 4.69) is 4.74 Å². The first kappa shape index (κ1) is 18.1. The molecule has 0 heterocycles. The van der Waals surface area contributed by atoms with Crippen LogP contribution < -0.4 is 10.5 Å². The van der Waals surface area contributed by atoms with E-state index in [0.29, 0.717) is 18.2 Å². The minimum absolute atomic E-state index is 0.128. The molecule has 0 spiro atoms. The summed E-state index contributed by atoms with van der Waals surface area (Å²) in [5.41, 5.74) is 4.36. The van der Waals surface area contributed by atoms with Crippen LogP contribution in [0.15, 0.2) is 42.5 Å². The van der Waals surface area contributed by atoms with E-state index in [0.717, 1.165) is 24.3 Å². The summed E-state index contributed by atoms with van der Waals surface area (Å²) >= 11 is 0. The molecule has 1 atom stereocenters. The predicted octanol–water partition coefficient (Wildman–Crippen LogP) is 4.79. The number of alkyl halides is 6. The summed E-state index contributed by atoms with van der Waals surface area (Å²) in [6.07, 6.45) is -9.55. The monoisotopic (exact) mass is 353 g/mol. The molecule has 0 aliphatic carbocycles. The standard InChI is InChI=1S/C15H10F7NO/c16-12-6-3-9(14(17,18)19)7-11(12)13(23)8-1-4-10(5-2-8)24-15(20,21)22/h1-7,13H,23H2/t13-/m0/s1. The van der Waals surface area contributed by atoms with Crippen molar-refractivity contribution in [1.82, 2.24) is 0 Å². The summed E-state index contributed by atoms with van der Waals surface area (Å²) < 4.78 is 91.7. The van der Waals surface area contributed by atoms with Crippen LogP contribution in [-0.4, -0.2) is 6.36 Å². The predicted molar refractivity (Wildman–Crippen MR) is 70.6 cm³/mol. The van der Waals surface area contributed by atoms with Gasteiger partial charge < -0.3 is 10.5 Å². The maximum Gasteiger partial charge on any atom is 0.573 e. The molecule has 0 unspecified atom stereocenters. The van der Waals surface area contributed by atoms with E-state index in [4.69, 9.17) is 5.73 Å². The van der Waals surface area contributed by atoms with Crippen LogP contribution in [0.25, 0.3) is 0 Å². The molecule has 2 rings (SSSR count). The highest BCUT2D eigenvalue weighted by Gasteiger charge is 2.32. The Morgan fingerprint density at radius 2 is 1.46 bits per heavy atom. The Labute approximate surface area is 131 Å². The van der Waals surface area contributed by atoms with E-state index in [1.807, 2.05) is 0 Å². The van der Waals surface area contributed by atoms with Crippen LogP contribution in [0.5, 0.6) is 5.75 Å². The van der Waals surface area contributed by atoms with Gasteiger partial charge in [0.2, 0.25) is 0 Å². The second kappa shape index (κ2) is 6.31. The topological polar surface area (TPSA) is 35.2 Å². The molecule has 9 heteroatoms. The Balaban J connectivity index is 2.30. The second-order valence-electron chi connectivity index (χ2n) is 4.83. The average molecular weight is 353 g/mol. The van der Waals surface area contributed by atoms with Gasteiger partial charge in [0.05, 0.1) is 11.6 Å². The first-order valence-corrected chi connectivity index (χ1v) is 6.45. The van der Waals surface area contributed by atoms with E-state index in [1.54, 1.807) is 0 Å². The number of hydrogen-bond donors (Lipinski definition) is 1.